The fraction of sp³-hybridized carbons (Fsp3) is 0.182. The van der Waals surface area contributed by atoms with Crippen LogP contribution in [0.2, 0.25) is 0 Å². The highest BCUT2D eigenvalue weighted by atomic mass is 32.1. The van der Waals surface area contributed by atoms with Crippen molar-refractivity contribution >= 4 is 11.3 Å². The molecule has 72 valence electrons. The quantitative estimate of drug-likeness (QED) is 0.778. The molecule has 1 aromatic heterocycles. The van der Waals surface area contributed by atoms with Crippen molar-refractivity contribution in [3.63, 3.8) is 0 Å². The average Bonchev–Trinajstić information content (AvgIpc) is 2.56. The first-order valence-electron chi connectivity index (χ1n) is 4.50. The Hall–Kier alpha value is -1.35. The molecule has 0 unspecified atom stereocenters. The molecule has 1 heterocycles. The van der Waals surface area contributed by atoms with Crippen molar-refractivity contribution < 1.29 is 0 Å². The second kappa shape index (κ2) is 3.80. The van der Waals surface area contributed by atoms with E-state index in [1.165, 1.54) is 22.5 Å². The van der Waals surface area contributed by atoms with E-state index in [-0.39, 0.29) is 0 Å². The Morgan fingerprint density at radius 1 is 1.29 bits per heavy atom. The van der Waals surface area contributed by atoms with Gasteiger partial charge in [0.15, 0.2) is 4.80 Å². The van der Waals surface area contributed by atoms with Crippen LogP contribution in [0.4, 0.5) is 0 Å². The van der Waals surface area contributed by atoms with E-state index >= 15 is 0 Å². The SMILES string of the molecule is Cc1ccc(Cn2ccsc2=N)cc1. The zero-order valence-corrected chi connectivity index (χ0v) is 8.84. The molecule has 0 amide bonds. The van der Waals surface area contributed by atoms with Crippen molar-refractivity contribution in [2.45, 2.75) is 13.5 Å². The van der Waals surface area contributed by atoms with Crippen molar-refractivity contribution in [2.75, 3.05) is 0 Å². The molecule has 1 N–H and O–H groups in total. The molecule has 0 radical (unpaired) electrons. The molecule has 0 atom stereocenters. The molecule has 2 aromatic rings. The van der Waals surface area contributed by atoms with Gasteiger partial charge >= 0.3 is 0 Å². The van der Waals surface area contributed by atoms with Crippen molar-refractivity contribution in [1.29, 1.82) is 5.41 Å². The number of aromatic nitrogens is 1. The smallest absolute Gasteiger partial charge is 0.182 e. The van der Waals surface area contributed by atoms with Crippen molar-refractivity contribution in [3.8, 4) is 0 Å². The zero-order chi connectivity index (χ0) is 9.97. The molecule has 0 aliphatic carbocycles. The lowest BCUT2D eigenvalue weighted by Gasteiger charge is -2.02. The zero-order valence-electron chi connectivity index (χ0n) is 8.03. The Morgan fingerprint density at radius 3 is 2.57 bits per heavy atom. The Bertz CT molecular complexity index is 465. The minimum Gasteiger partial charge on any atom is -0.320 e. The highest BCUT2D eigenvalue weighted by molar-refractivity contribution is 7.06. The van der Waals surface area contributed by atoms with Gasteiger partial charge in [-0.05, 0) is 12.5 Å². The summed E-state index contributed by atoms with van der Waals surface area (Å²) in [6.07, 6.45) is 1.95. The van der Waals surface area contributed by atoms with Gasteiger partial charge in [-0.1, -0.05) is 29.8 Å². The van der Waals surface area contributed by atoms with Gasteiger partial charge in [0.05, 0.1) is 0 Å². The van der Waals surface area contributed by atoms with Crippen LogP contribution < -0.4 is 4.80 Å². The summed E-state index contributed by atoms with van der Waals surface area (Å²) in [7, 11) is 0. The topological polar surface area (TPSA) is 28.8 Å². The van der Waals surface area contributed by atoms with Gasteiger partial charge in [-0.25, -0.2) is 0 Å². The maximum atomic E-state index is 7.62. The van der Waals surface area contributed by atoms with Gasteiger partial charge < -0.3 is 4.57 Å². The van der Waals surface area contributed by atoms with E-state index in [9.17, 15) is 0 Å². The molecule has 14 heavy (non-hydrogen) atoms. The van der Waals surface area contributed by atoms with Gasteiger partial charge in [0.2, 0.25) is 0 Å². The lowest BCUT2D eigenvalue weighted by atomic mass is 10.1. The number of nitrogens with one attached hydrogen (secondary N) is 1. The van der Waals surface area contributed by atoms with Crippen LogP contribution in [0.25, 0.3) is 0 Å². The second-order valence-electron chi connectivity index (χ2n) is 3.32. The molecule has 2 nitrogen and oxygen atoms in total. The molecular formula is C11H12N2S. The Labute approximate surface area is 87.0 Å². The van der Waals surface area contributed by atoms with Crippen LogP contribution >= 0.6 is 11.3 Å². The van der Waals surface area contributed by atoms with Crippen LogP contribution in [-0.2, 0) is 6.54 Å². The number of nitrogens with zero attached hydrogens (tertiary/aromatic N) is 1. The third-order valence-corrected chi connectivity index (χ3v) is 2.87. The fourth-order valence-corrected chi connectivity index (χ4v) is 1.92. The number of hydrogen-bond donors (Lipinski definition) is 1. The van der Waals surface area contributed by atoms with E-state index in [0.29, 0.717) is 4.80 Å². The summed E-state index contributed by atoms with van der Waals surface area (Å²) < 4.78 is 1.94. The first-order chi connectivity index (χ1) is 6.75. The van der Waals surface area contributed by atoms with Crippen LogP contribution in [0.15, 0.2) is 35.8 Å². The molecule has 3 heteroatoms. The predicted octanol–water partition coefficient (Wildman–Crippen LogP) is 2.39. The van der Waals surface area contributed by atoms with Gasteiger partial charge in [-0.15, -0.1) is 11.3 Å². The van der Waals surface area contributed by atoms with Gasteiger partial charge in [0.1, 0.15) is 0 Å². The number of benzene rings is 1. The molecule has 0 aliphatic rings. The maximum Gasteiger partial charge on any atom is 0.182 e. The minimum absolute atomic E-state index is 0.602. The minimum atomic E-state index is 0.602. The molecule has 0 saturated heterocycles. The van der Waals surface area contributed by atoms with E-state index in [0.717, 1.165) is 6.54 Å². The molecule has 0 bridgehead atoms. The summed E-state index contributed by atoms with van der Waals surface area (Å²) in [6.45, 7) is 2.88. The standard InChI is InChI=1S/C11H12N2S/c1-9-2-4-10(5-3-9)8-13-6-7-14-11(13)12/h2-7,12H,8H2,1H3. The predicted molar refractivity (Wildman–Crippen MR) is 58.4 cm³/mol. The third kappa shape index (κ3) is 1.93. The van der Waals surface area contributed by atoms with Crippen LogP contribution in [0.1, 0.15) is 11.1 Å². The van der Waals surface area contributed by atoms with Crippen LogP contribution in [0.3, 0.4) is 0 Å². The van der Waals surface area contributed by atoms with Crippen LogP contribution in [0.5, 0.6) is 0 Å². The largest absolute Gasteiger partial charge is 0.320 e. The van der Waals surface area contributed by atoms with Gasteiger partial charge in [-0.3, -0.25) is 5.41 Å². The van der Waals surface area contributed by atoms with Crippen LogP contribution in [-0.4, -0.2) is 4.57 Å². The number of rotatable bonds is 2. The van der Waals surface area contributed by atoms with Gasteiger partial charge in [0.25, 0.3) is 0 Å². The highest BCUT2D eigenvalue weighted by Crippen LogP contribution is 2.04. The summed E-state index contributed by atoms with van der Waals surface area (Å²) in [5.74, 6) is 0. The fourth-order valence-electron chi connectivity index (χ4n) is 1.32. The number of aryl methyl sites for hydroxylation is 1. The van der Waals surface area contributed by atoms with Crippen LogP contribution in [0, 0.1) is 12.3 Å². The highest BCUT2D eigenvalue weighted by Gasteiger charge is 1.95. The summed E-state index contributed by atoms with van der Waals surface area (Å²) in [6, 6.07) is 8.43. The molecule has 0 aliphatic heterocycles. The first kappa shape index (κ1) is 9.21. The Balaban J connectivity index is 2.23. The van der Waals surface area contributed by atoms with E-state index in [2.05, 4.69) is 31.2 Å². The lowest BCUT2D eigenvalue weighted by Crippen LogP contribution is -2.12. The molecule has 0 saturated carbocycles. The van der Waals surface area contributed by atoms with E-state index in [1.807, 2.05) is 16.1 Å². The van der Waals surface area contributed by atoms with E-state index in [4.69, 9.17) is 5.41 Å². The van der Waals surface area contributed by atoms with E-state index in [1.54, 1.807) is 0 Å². The number of thiazole rings is 1. The maximum absolute atomic E-state index is 7.62. The molecule has 1 aromatic carbocycles. The molecule has 2 rings (SSSR count). The molecular weight excluding hydrogens is 192 g/mol. The summed E-state index contributed by atoms with van der Waals surface area (Å²) >= 11 is 1.46. The number of hydrogen-bond acceptors (Lipinski definition) is 2. The third-order valence-electron chi connectivity index (χ3n) is 2.15. The monoisotopic (exact) mass is 204 g/mol. The Kier molecular flexibility index (Phi) is 2.50. The molecule has 0 spiro atoms. The summed E-state index contributed by atoms with van der Waals surface area (Å²) in [5.41, 5.74) is 2.52. The van der Waals surface area contributed by atoms with Gasteiger partial charge in [0, 0.05) is 18.1 Å². The first-order valence-corrected chi connectivity index (χ1v) is 5.38. The van der Waals surface area contributed by atoms with E-state index < -0.39 is 0 Å². The molecule has 0 fully saturated rings. The Morgan fingerprint density at radius 2 is 2.00 bits per heavy atom. The summed E-state index contributed by atoms with van der Waals surface area (Å²) in [4.78, 5) is 0.602. The normalized spacial score (nSPS) is 10.4. The summed E-state index contributed by atoms with van der Waals surface area (Å²) in [5, 5.41) is 9.56. The van der Waals surface area contributed by atoms with Gasteiger partial charge in [-0.2, -0.15) is 0 Å². The van der Waals surface area contributed by atoms with Crippen molar-refractivity contribution in [3.05, 3.63) is 51.8 Å². The van der Waals surface area contributed by atoms with Crippen molar-refractivity contribution in [1.82, 2.24) is 4.57 Å². The van der Waals surface area contributed by atoms with Crippen molar-refractivity contribution in [2.24, 2.45) is 0 Å². The second-order valence-corrected chi connectivity index (χ2v) is 4.22. The average molecular weight is 204 g/mol. The lowest BCUT2D eigenvalue weighted by molar-refractivity contribution is 0.759.